The maximum Gasteiger partial charge on any atom is 0.0494 e. The predicted octanol–water partition coefficient (Wildman–Crippen LogP) is 6.21. The molecule has 3 heteroatoms. The number of anilines is 1. The van der Waals surface area contributed by atoms with Crippen molar-refractivity contribution in [2.24, 2.45) is 0 Å². The minimum atomic E-state index is 0.540. The Morgan fingerprint density at radius 1 is 1.05 bits per heavy atom. The normalized spacial score (nSPS) is 11.0. The summed E-state index contributed by atoms with van der Waals surface area (Å²) < 4.78 is 0. The zero-order valence-corrected chi connectivity index (χ0v) is 13.9. The minimum absolute atomic E-state index is 0.540. The summed E-state index contributed by atoms with van der Waals surface area (Å²) in [5, 5.41) is 7.96. The summed E-state index contributed by atoms with van der Waals surface area (Å²) in [5.74, 6) is 0.540. The van der Waals surface area contributed by atoms with Crippen molar-refractivity contribution in [2.45, 2.75) is 26.3 Å². The van der Waals surface area contributed by atoms with Gasteiger partial charge in [0.05, 0.1) is 0 Å². The fraction of sp³-hybridized carbons (Fsp3) is 0.222. The second-order valence-electron chi connectivity index (χ2n) is 5.37. The summed E-state index contributed by atoms with van der Waals surface area (Å²) in [6, 6.07) is 15.2. The minimum Gasteiger partial charge on any atom is -0.380 e. The molecule has 0 aliphatic rings. The maximum absolute atomic E-state index is 3.58. The summed E-state index contributed by atoms with van der Waals surface area (Å²) in [6.07, 6.45) is 0. The molecule has 0 saturated carbocycles. The van der Waals surface area contributed by atoms with Gasteiger partial charge in [-0.25, -0.2) is 0 Å². The zero-order valence-electron chi connectivity index (χ0n) is 12.3. The van der Waals surface area contributed by atoms with Crippen LogP contribution in [0.3, 0.4) is 0 Å². The first-order valence-electron chi connectivity index (χ1n) is 7.18. The van der Waals surface area contributed by atoms with Gasteiger partial charge < -0.3 is 5.32 Å². The van der Waals surface area contributed by atoms with Gasteiger partial charge in [0, 0.05) is 27.5 Å². The predicted molar refractivity (Wildman–Crippen MR) is 95.5 cm³/mol. The van der Waals surface area contributed by atoms with E-state index in [2.05, 4.69) is 72.4 Å². The van der Waals surface area contributed by atoms with Crippen molar-refractivity contribution in [1.82, 2.24) is 0 Å². The molecule has 0 spiro atoms. The summed E-state index contributed by atoms with van der Waals surface area (Å²) >= 11 is 3.62. The Morgan fingerprint density at radius 2 is 1.90 bits per heavy atom. The number of hydrogen-bond donors (Lipinski definition) is 1. The molecule has 0 saturated heterocycles. The van der Waals surface area contributed by atoms with Crippen molar-refractivity contribution in [3.05, 3.63) is 63.7 Å². The van der Waals surface area contributed by atoms with Crippen LogP contribution in [-0.4, -0.2) is 0 Å². The van der Waals surface area contributed by atoms with Crippen LogP contribution in [0, 0.1) is 0 Å². The average molecular weight is 313 g/mol. The van der Waals surface area contributed by atoms with Gasteiger partial charge in [-0.1, -0.05) is 38.1 Å². The fourth-order valence-corrected chi connectivity index (χ4v) is 4.00. The van der Waals surface area contributed by atoms with Crippen molar-refractivity contribution in [3.8, 4) is 10.4 Å². The van der Waals surface area contributed by atoms with E-state index in [9.17, 15) is 0 Å². The zero-order chi connectivity index (χ0) is 14.7. The molecule has 0 aliphatic heterocycles. The second-order valence-corrected chi connectivity index (χ2v) is 7.32. The molecule has 1 N–H and O–H groups in total. The van der Waals surface area contributed by atoms with E-state index in [0.717, 1.165) is 6.54 Å². The van der Waals surface area contributed by atoms with E-state index in [1.165, 1.54) is 26.6 Å². The first-order chi connectivity index (χ1) is 10.2. The highest BCUT2D eigenvalue weighted by Gasteiger charge is 2.07. The molecule has 2 aromatic heterocycles. The second kappa shape index (κ2) is 6.46. The van der Waals surface area contributed by atoms with Gasteiger partial charge in [0.2, 0.25) is 0 Å². The molecular weight excluding hydrogens is 294 g/mol. The van der Waals surface area contributed by atoms with E-state index in [0.29, 0.717) is 5.92 Å². The molecule has 108 valence electrons. The maximum atomic E-state index is 3.58. The van der Waals surface area contributed by atoms with Gasteiger partial charge in [-0.3, -0.25) is 0 Å². The first kappa shape index (κ1) is 14.4. The highest BCUT2D eigenvalue weighted by molar-refractivity contribution is 7.14. The molecule has 3 aromatic rings. The molecule has 0 bridgehead atoms. The topological polar surface area (TPSA) is 12.0 Å². The van der Waals surface area contributed by atoms with Crippen molar-refractivity contribution in [1.29, 1.82) is 0 Å². The number of thiophene rings is 2. The summed E-state index contributed by atoms with van der Waals surface area (Å²) in [7, 11) is 0. The molecule has 0 amide bonds. The molecule has 0 aliphatic carbocycles. The summed E-state index contributed by atoms with van der Waals surface area (Å²) in [6.45, 7) is 5.36. The van der Waals surface area contributed by atoms with Crippen LogP contribution in [0.2, 0.25) is 0 Å². The van der Waals surface area contributed by atoms with Gasteiger partial charge in [0.25, 0.3) is 0 Å². The number of hydrogen-bond acceptors (Lipinski definition) is 3. The lowest BCUT2D eigenvalue weighted by atomic mass is 10.0. The molecule has 0 radical (unpaired) electrons. The Hall–Kier alpha value is -1.58. The van der Waals surface area contributed by atoms with E-state index in [-0.39, 0.29) is 0 Å². The SMILES string of the molecule is CC(C)c1ccccc1NCc1cc(-c2cccs2)cs1. The molecule has 0 unspecified atom stereocenters. The van der Waals surface area contributed by atoms with Crippen LogP contribution < -0.4 is 5.32 Å². The van der Waals surface area contributed by atoms with Crippen LogP contribution in [0.15, 0.2) is 53.2 Å². The Kier molecular flexibility index (Phi) is 4.42. The van der Waals surface area contributed by atoms with Crippen molar-refractivity contribution < 1.29 is 0 Å². The van der Waals surface area contributed by atoms with Gasteiger partial charge in [0.1, 0.15) is 0 Å². The van der Waals surface area contributed by atoms with Crippen molar-refractivity contribution in [3.63, 3.8) is 0 Å². The van der Waals surface area contributed by atoms with Crippen LogP contribution >= 0.6 is 22.7 Å². The standard InChI is InChI=1S/C18H19NS2/c1-13(2)16-6-3-4-7-17(16)19-11-15-10-14(12-21-15)18-8-5-9-20-18/h3-10,12-13,19H,11H2,1-2H3. The lowest BCUT2D eigenvalue weighted by Crippen LogP contribution is -2.02. The third-order valence-electron chi connectivity index (χ3n) is 3.50. The molecule has 2 heterocycles. The first-order valence-corrected chi connectivity index (χ1v) is 8.94. The number of rotatable bonds is 5. The van der Waals surface area contributed by atoms with E-state index in [1.54, 1.807) is 11.3 Å². The molecular formula is C18H19NS2. The monoisotopic (exact) mass is 313 g/mol. The van der Waals surface area contributed by atoms with Gasteiger partial charge in [-0.2, -0.15) is 0 Å². The Morgan fingerprint density at radius 3 is 2.67 bits per heavy atom. The lowest BCUT2D eigenvalue weighted by molar-refractivity contribution is 0.866. The fourth-order valence-electron chi connectivity index (χ4n) is 2.39. The van der Waals surface area contributed by atoms with Crippen LogP contribution in [-0.2, 0) is 6.54 Å². The van der Waals surface area contributed by atoms with E-state index in [1.807, 2.05) is 11.3 Å². The highest BCUT2D eigenvalue weighted by Crippen LogP contribution is 2.30. The van der Waals surface area contributed by atoms with Crippen molar-refractivity contribution in [2.75, 3.05) is 5.32 Å². The molecule has 1 aromatic carbocycles. The van der Waals surface area contributed by atoms with Crippen LogP contribution in [0.4, 0.5) is 5.69 Å². The van der Waals surface area contributed by atoms with Crippen LogP contribution in [0.1, 0.15) is 30.2 Å². The van der Waals surface area contributed by atoms with E-state index >= 15 is 0 Å². The summed E-state index contributed by atoms with van der Waals surface area (Å²) in [4.78, 5) is 2.72. The van der Waals surface area contributed by atoms with Crippen LogP contribution in [0.5, 0.6) is 0 Å². The molecule has 21 heavy (non-hydrogen) atoms. The van der Waals surface area contributed by atoms with Gasteiger partial charge in [0.15, 0.2) is 0 Å². The third kappa shape index (κ3) is 3.36. The number of para-hydroxylation sites is 1. The molecule has 0 fully saturated rings. The number of benzene rings is 1. The van der Waals surface area contributed by atoms with Crippen molar-refractivity contribution >= 4 is 28.4 Å². The lowest BCUT2D eigenvalue weighted by Gasteiger charge is -2.13. The third-order valence-corrected chi connectivity index (χ3v) is 5.35. The van der Waals surface area contributed by atoms with E-state index < -0.39 is 0 Å². The highest BCUT2D eigenvalue weighted by atomic mass is 32.1. The Labute approximate surface area is 134 Å². The van der Waals surface area contributed by atoms with Gasteiger partial charge in [-0.15, -0.1) is 22.7 Å². The number of nitrogens with one attached hydrogen (secondary N) is 1. The van der Waals surface area contributed by atoms with Crippen LogP contribution in [0.25, 0.3) is 10.4 Å². The smallest absolute Gasteiger partial charge is 0.0494 e. The molecule has 1 nitrogen and oxygen atoms in total. The average Bonchev–Trinajstić information content (AvgIpc) is 3.16. The quantitative estimate of drug-likeness (QED) is 0.590. The molecule has 3 rings (SSSR count). The largest absolute Gasteiger partial charge is 0.380 e. The Bertz CT molecular complexity index is 696. The van der Waals surface area contributed by atoms with E-state index in [4.69, 9.17) is 0 Å². The summed E-state index contributed by atoms with van der Waals surface area (Å²) in [5.41, 5.74) is 3.97. The van der Waals surface area contributed by atoms with Gasteiger partial charge >= 0.3 is 0 Å². The molecule has 0 atom stereocenters. The Balaban J connectivity index is 1.71. The van der Waals surface area contributed by atoms with Gasteiger partial charge in [-0.05, 0) is 40.4 Å².